The highest BCUT2D eigenvalue weighted by atomic mass is 35.5. The minimum atomic E-state index is 0. The third-order valence-corrected chi connectivity index (χ3v) is 6.18. The van der Waals surface area contributed by atoms with E-state index in [1.807, 2.05) is 24.3 Å². The molecule has 3 aromatic carbocycles. The van der Waals surface area contributed by atoms with E-state index in [1.165, 1.54) is 0 Å². The molecule has 4 rings (SSSR count). The Bertz CT molecular complexity index is 1320. The molecule has 0 aliphatic rings. The molecule has 0 fully saturated rings. The van der Waals surface area contributed by atoms with E-state index in [2.05, 4.69) is 75.8 Å². The number of pyridine rings is 1. The summed E-state index contributed by atoms with van der Waals surface area (Å²) in [5.74, 6) is 0. The Balaban J connectivity index is 0.00000324. The van der Waals surface area contributed by atoms with Gasteiger partial charge in [0, 0.05) is 46.3 Å². The number of nitrogen functional groups attached to an aromatic ring is 1. The number of aryl methyl sites for hydroxylation is 1. The second-order valence-electron chi connectivity index (χ2n) is 8.35. The summed E-state index contributed by atoms with van der Waals surface area (Å²) in [5.41, 5.74) is 20.0. The minimum absolute atomic E-state index is 0. The van der Waals surface area contributed by atoms with Crippen LogP contribution in [0.1, 0.15) is 26.7 Å². The number of anilines is 1. The summed E-state index contributed by atoms with van der Waals surface area (Å²) in [7, 11) is 0. The van der Waals surface area contributed by atoms with Gasteiger partial charge in [0.05, 0.1) is 10.8 Å². The fourth-order valence-corrected chi connectivity index (χ4v) is 4.68. The van der Waals surface area contributed by atoms with E-state index in [4.69, 9.17) is 11.3 Å². The smallest absolute Gasteiger partial charge is 0.220 e. The molecule has 0 atom stereocenters. The fourth-order valence-electron chi connectivity index (χ4n) is 4.68. The number of azide groups is 1. The molecule has 0 aliphatic heterocycles. The molecule has 0 radical (unpaired) electrons. The zero-order valence-corrected chi connectivity index (χ0v) is 20.5. The monoisotopic (exact) mass is 474 g/mol. The van der Waals surface area contributed by atoms with Crippen LogP contribution in [0.2, 0.25) is 0 Å². The van der Waals surface area contributed by atoms with Crippen molar-refractivity contribution >= 4 is 33.1 Å². The van der Waals surface area contributed by atoms with E-state index in [-0.39, 0.29) is 12.4 Å². The van der Waals surface area contributed by atoms with Crippen LogP contribution in [0.3, 0.4) is 0 Å². The van der Waals surface area contributed by atoms with Crippen molar-refractivity contribution < 1.29 is 17.0 Å². The number of halogens is 1. The lowest BCUT2D eigenvalue weighted by Crippen LogP contribution is -3.00. The highest BCUT2D eigenvalue weighted by Crippen LogP contribution is 2.34. The second kappa shape index (κ2) is 11.7. The molecule has 1 aromatic heterocycles. The standard InChI is InChI=1S/C27H30N6.ClH/c1-3-15-32(4-2)16-8-17-33-26-18-21(28)11-13-24(26)23-14-12-22(30-31-29)19-25(23)27(33)20-9-6-5-7-10-20;/h5-7,9-14,18-19,28H,3-4,8,15-17H2,1-2H3;1H. The maximum atomic E-state index is 9.00. The van der Waals surface area contributed by atoms with Gasteiger partial charge in [0.1, 0.15) is 0 Å². The van der Waals surface area contributed by atoms with E-state index in [1.54, 1.807) is 0 Å². The molecule has 4 aromatic rings. The van der Waals surface area contributed by atoms with E-state index >= 15 is 0 Å². The molecule has 0 aliphatic carbocycles. The van der Waals surface area contributed by atoms with Gasteiger partial charge in [-0.15, -0.1) is 0 Å². The Morgan fingerprint density at radius 3 is 2.41 bits per heavy atom. The van der Waals surface area contributed by atoms with Gasteiger partial charge in [0.25, 0.3) is 0 Å². The minimum Gasteiger partial charge on any atom is -1.00 e. The van der Waals surface area contributed by atoms with Gasteiger partial charge in [-0.2, -0.15) is 4.57 Å². The molecule has 0 amide bonds. The zero-order chi connectivity index (χ0) is 23.2. The number of hydrogen-bond donors (Lipinski definition) is 1. The molecule has 176 valence electrons. The Morgan fingerprint density at radius 2 is 1.71 bits per heavy atom. The summed E-state index contributed by atoms with van der Waals surface area (Å²) in [4.78, 5) is 5.50. The number of aromatic nitrogens is 1. The highest BCUT2D eigenvalue weighted by Gasteiger charge is 2.23. The summed E-state index contributed by atoms with van der Waals surface area (Å²) < 4.78 is 2.39. The lowest BCUT2D eigenvalue weighted by atomic mass is 9.98. The molecule has 34 heavy (non-hydrogen) atoms. The van der Waals surface area contributed by atoms with Gasteiger partial charge in [-0.25, -0.2) is 0 Å². The van der Waals surface area contributed by atoms with Crippen LogP contribution in [-0.4, -0.2) is 24.5 Å². The molecule has 0 bridgehead atoms. The SMILES string of the molecule is CCCN(CC)CCC[n+]1c(-c2ccccc2)c2cc(N=[N+]=[N-])ccc2c2ccc(N)cc21.[Cl-]. The van der Waals surface area contributed by atoms with Crippen LogP contribution in [0.4, 0.5) is 11.4 Å². The van der Waals surface area contributed by atoms with Crippen LogP contribution in [0, 0.1) is 0 Å². The van der Waals surface area contributed by atoms with Crippen LogP contribution >= 0.6 is 0 Å². The van der Waals surface area contributed by atoms with Crippen molar-refractivity contribution in [2.45, 2.75) is 33.2 Å². The van der Waals surface area contributed by atoms with Crippen molar-refractivity contribution in [1.82, 2.24) is 4.90 Å². The molecule has 1 heterocycles. The predicted molar refractivity (Wildman–Crippen MR) is 137 cm³/mol. The average Bonchev–Trinajstić information content (AvgIpc) is 2.84. The number of nitrogens with zero attached hydrogens (tertiary/aromatic N) is 5. The number of benzene rings is 3. The largest absolute Gasteiger partial charge is 1.00 e. The van der Waals surface area contributed by atoms with Crippen molar-refractivity contribution in [3.8, 4) is 11.3 Å². The molecule has 0 spiro atoms. The normalized spacial score (nSPS) is 10.9. The zero-order valence-electron chi connectivity index (χ0n) is 19.8. The Hall–Kier alpha value is -3.31. The summed E-state index contributed by atoms with van der Waals surface area (Å²) in [6, 6.07) is 22.5. The molecule has 0 saturated carbocycles. The Morgan fingerprint density at radius 1 is 0.941 bits per heavy atom. The van der Waals surface area contributed by atoms with Crippen molar-refractivity contribution in [2.75, 3.05) is 25.4 Å². The van der Waals surface area contributed by atoms with Gasteiger partial charge < -0.3 is 23.0 Å². The topological polar surface area (TPSA) is 81.9 Å². The molecule has 0 saturated heterocycles. The molecular formula is C27H31ClN6. The van der Waals surface area contributed by atoms with Crippen LogP contribution in [0.5, 0.6) is 0 Å². The summed E-state index contributed by atoms with van der Waals surface area (Å²) >= 11 is 0. The van der Waals surface area contributed by atoms with E-state index in [9.17, 15) is 0 Å². The highest BCUT2D eigenvalue weighted by molar-refractivity contribution is 6.10. The van der Waals surface area contributed by atoms with Crippen molar-refractivity contribution in [2.24, 2.45) is 5.11 Å². The predicted octanol–water partition coefficient (Wildman–Crippen LogP) is 3.60. The van der Waals surface area contributed by atoms with Gasteiger partial charge in [0.15, 0.2) is 6.54 Å². The summed E-state index contributed by atoms with van der Waals surface area (Å²) in [6.07, 6.45) is 2.19. The summed E-state index contributed by atoms with van der Waals surface area (Å²) in [6.45, 7) is 8.55. The second-order valence-corrected chi connectivity index (χ2v) is 8.35. The third-order valence-electron chi connectivity index (χ3n) is 6.18. The number of rotatable bonds is 9. The van der Waals surface area contributed by atoms with Gasteiger partial charge >= 0.3 is 0 Å². The van der Waals surface area contributed by atoms with Gasteiger partial charge in [0.2, 0.25) is 11.2 Å². The van der Waals surface area contributed by atoms with E-state index in [0.717, 1.165) is 77.6 Å². The van der Waals surface area contributed by atoms with Gasteiger partial charge in [-0.1, -0.05) is 49.3 Å². The fraction of sp³-hybridized carbons (Fsp3) is 0.296. The lowest BCUT2D eigenvalue weighted by Gasteiger charge is -2.19. The van der Waals surface area contributed by atoms with Gasteiger partial charge in [-0.05, 0) is 55.4 Å². The Kier molecular flexibility index (Phi) is 8.72. The number of hydrogen-bond acceptors (Lipinski definition) is 3. The average molecular weight is 475 g/mol. The van der Waals surface area contributed by atoms with Gasteiger partial charge in [-0.3, -0.25) is 0 Å². The first-order valence-electron chi connectivity index (χ1n) is 11.7. The third kappa shape index (κ3) is 5.26. The van der Waals surface area contributed by atoms with E-state index in [0.29, 0.717) is 5.69 Å². The lowest BCUT2D eigenvalue weighted by molar-refractivity contribution is -0.659. The Labute approximate surface area is 207 Å². The van der Waals surface area contributed by atoms with Crippen LogP contribution < -0.4 is 22.7 Å². The van der Waals surface area contributed by atoms with Crippen LogP contribution in [0.25, 0.3) is 43.4 Å². The van der Waals surface area contributed by atoms with E-state index < -0.39 is 0 Å². The number of fused-ring (bicyclic) bond motifs is 3. The van der Waals surface area contributed by atoms with Crippen molar-refractivity contribution in [1.29, 1.82) is 0 Å². The maximum absolute atomic E-state index is 9.00. The first-order valence-corrected chi connectivity index (χ1v) is 11.7. The maximum Gasteiger partial charge on any atom is 0.220 e. The van der Waals surface area contributed by atoms with Crippen LogP contribution in [0.15, 0.2) is 71.8 Å². The molecule has 6 nitrogen and oxygen atoms in total. The molecule has 2 N–H and O–H groups in total. The number of nitrogens with two attached hydrogens (primary N) is 1. The quantitative estimate of drug-likeness (QED) is 0.100. The molecule has 7 heteroatoms. The van der Waals surface area contributed by atoms with Crippen molar-refractivity contribution in [3.63, 3.8) is 0 Å². The first kappa shape index (κ1) is 25.3. The summed E-state index contributed by atoms with van der Waals surface area (Å²) in [5, 5.41) is 7.22. The first-order chi connectivity index (χ1) is 16.2. The molecular weight excluding hydrogens is 444 g/mol. The molecule has 0 unspecified atom stereocenters. The van der Waals surface area contributed by atoms with Crippen LogP contribution in [-0.2, 0) is 6.54 Å². The van der Waals surface area contributed by atoms with Crippen molar-refractivity contribution in [3.05, 3.63) is 77.2 Å².